The van der Waals surface area contributed by atoms with E-state index < -0.39 is 5.97 Å². The first-order valence-corrected chi connectivity index (χ1v) is 6.99. The summed E-state index contributed by atoms with van der Waals surface area (Å²) in [5, 5.41) is 3.15. The number of nitrogen functional groups attached to an aromatic ring is 1. The van der Waals surface area contributed by atoms with Crippen molar-refractivity contribution in [2.45, 2.75) is 32.3 Å². The van der Waals surface area contributed by atoms with E-state index in [1.807, 2.05) is 0 Å². The molecule has 1 saturated heterocycles. The van der Waals surface area contributed by atoms with Gasteiger partial charge >= 0.3 is 5.97 Å². The molecule has 2 heterocycles. The molecule has 6 nitrogen and oxygen atoms in total. The lowest BCUT2D eigenvalue weighted by molar-refractivity contribution is 0.0527. The molecule has 1 aromatic heterocycles. The Morgan fingerprint density at radius 2 is 2.50 bits per heavy atom. The summed E-state index contributed by atoms with van der Waals surface area (Å²) in [6.07, 6.45) is 5.01. The summed E-state index contributed by atoms with van der Waals surface area (Å²) < 4.78 is 10.5. The fourth-order valence-electron chi connectivity index (χ4n) is 2.22. The molecule has 1 aliphatic rings. The van der Waals surface area contributed by atoms with E-state index in [-0.39, 0.29) is 0 Å². The van der Waals surface area contributed by atoms with E-state index in [0.717, 1.165) is 25.9 Å². The van der Waals surface area contributed by atoms with Gasteiger partial charge in [0.05, 0.1) is 24.0 Å². The predicted molar refractivity (Wildman–Crippen MR) is 76.7 cm³/mol. The largest absolute Gasteiger partial charge is 0.462 e. The van der Waals surface area contributed by atoms with E-state index in [9.17, 15) is 4.79 Å². The van der Waals surface area contributed by atoms with E-state index >= 15 is 0 Å². The van der Waals surface area contributed by atoms with Crippen LogP contribution in [0.4, 0.5) is 11.5 Å². The number of rotatable bonds is 6. The van der Waals surface area contributed by atoms with E-state index in [1.165, 1.54) is 0 Å². The van der Waals surface area contributed by atoms with Gasteiger partial charge in [0.2, 0.25) is 0 Å². The van der Waals surface area contributed by atoms with Gasteiger partial charge in [0, 0.05) is 19.3 Å². The zero-order chi connectivity index (χ0) is 14.4. The quantitative estimate of drug-likeness (QED) is 0.772. The molecule has 1 aromatic rings. The highest BCUT2D eigenvalue weighted by Crippen LogP contribution is 2.21. The standard InChI is InChI=1S/C14H21N3O3/c1-2-19-14(18)11-6-8-17-13(12(11)15)16-7-5-10-4-3-9-20-10/h6,8,10H,2-5,7,9,15H2,1H3,(H,16,17). The van der Waals surface area contributed by atoms with Crippen molar-refractivity contribution in [2.75, 3.05) is 30.8 Å². The smallest absolute Gasteiger partial charge is 0.340 e. The van der Waals surface area contributed by atoms with Crippen LogP contribution in [0, 0.1) is 0 Å². The van der Waals surface area contributed by atoms with Crippen molar-refractivity contribution in [1.82, 2.24) is 4.98 Å². The van der Waals surface area contributed by atoms with Crippen molar-refractivity contribution >= 4 is 17.5 Å². The maximum absolute atomic E-state index is 11.7. The zero-order valence-corrected chi connectivity index (χ0v) is 11.7. The van der Waals surface area contributed by atoms with Gasteiger partial charge < -0.3 is 20.5 Å². The molecule has 0 aliphatic carbocycles. The first-order valence-electron chi connectivity index (χ1n) is 6.99. The van der Waals surface area contributed by atoms with Crippen LogP contribution in [0.2, 0.25) is 0 Å². The second kappa shape index (κ2) is 7.09. The summed E-state index contributed by atoms with van der Waals surface area (Å²) in [7, 11) is 0. The highest BCUT2D eigenvalue weighted by atomic mass is 16.5. The van der Waals surface area contributed by atoms with Crippen LogP contribution in [0.15, 0.2) is 12.3 Å². The Morgan fingerprint density at radius 1 is 1.65 bits per heavy atom. The molecule has 0 spiro atoms. The number of aromatic nitrogens is 1. The van der Waals surface area contributed by atoms with Gasteiger partial charge in [0.15, 0.2) is 0 Å². The van der Waals surface area contributed by atoms with Gasteiger partial charge in [-0.05, 0) is 32.3 Å². The van der Waals surface area contributed by atoms with E-state index in [2.05, 4.69) is 10.3 Å². The molecule has 6 heteroatoms. The number of nitrogens with two attached hydrogens (primary N) is 1. The number of carbonyl (C=O) groups is 1. The second-order valence-corrected chi connectivity index (χ2v) is 4.69. The Balaban J connectivity index is 1.93. The number of ether oxygens (including phenoxy) is 2. The van der Waals surface area contributed by atoms with Gasteiger partial charge in [-0.25, -0.2) is 9.78 Å². The molecule has 1 aliphatic heterocycles. The highest BCUT2D eigenvalue weighted by Gasteiger charge is 2.17. The molecular formula is C14H21N3O3. The monoisotopic (exact) mass is 279 g/mol. The van der Waals surface area contributed by atoms with Gasteiger partial charge in [-0.3, -0.25) is 0 Å². The molecule has 3 N–H and O–H groups in total. The molecule has 1 unspecified atom stereocenters. The van der Waals surface area contributed by atoms with Crippen molar-refractivity contribution in [3.8, 4) is 0 Å². The fraction of sp³-hybridized carbons (Fsp3) is 0.571. The molecule has 1 atom stereocenters. The number of pyridine rings is 1. The number of esters is 1. The lowest BCUT2D eigenvalue weighted by Crippen LogP contribution is -2.15. The minimum Gasteiger partial charge on any atom is -0.462 e. The Morgan fingerprint density at radius 3 is 3.20 bits per heavy atom. The SMILES string of the molecule is CCOC(=O)c1ccnc(NCCC2CCCO2)c1N. The van der Waals surface area contributed by atoms with Crippen molar-refractivity contribution in [2.24, 2.45) is 0 Å². The van der Waals surface area contributed by atoms with E-state index in [4.69, 9.17) is 15.2 Å². The topological polar surface area (TPSA) is 86.5 Å². The van der Waals surface area contributed by atoms with Gasteiger partial charge in [-0.1, -0.05) is 0 Å². The first kappa shape index (κ1) is 14.6. The summed E-state index contributed by atoms with van der Waals surface area (Å²) >= 11 is 0. The van der Waals surface area contributed by atoms with E-state index in [1.54, 1.807) is 19.2 Å². The summed E-state index contributed by atoms with van der Waals surface area (Å²) in [6.45, 7) is 3.65. The van der Waals surface area contributed by atoms with Crippen LogP contribution in [0.1, 0.15) is 36.5 Å². The number of anilines is 2. The molecule has 0 radical (unpaired) electrons. The second-order valence-electron chi connectivity index (χ2n) is 4.69. The molecule has 20 heavy (non-hydrogen) atoms. The average Bonchev–Trinajstić information content (AvgIpc) is 2.94. The molecule has 1 fully saturated rings. The van der Waals surface area contributed by atoms with Crippen molar-refractivity contribution in [3.63, 3.8) is 0 Å². The van der Waals surface area contributed by atoms with Crippen LogP contribution >= 0.6 is 0 Å². The number of carbonyl (C=O) groups excluding carboxylic acids is 1. The van der Waals surface area contributed by atoms with Gasteiger partial charge in [-0.15, -0.1) is 0 Å². The third-order valence-corrected chi connectivity index (χ3v) is 3.27. The van der Waals surface area contributed by atoms with Gasteiger partial charge in [-0.2, -0.15) is 0 Å². The first-order chi connectivity index (χ1) is 9.72. The Bertz CT molecular complexity index is 459. The third-order valence-electron chi connectivity index (χ3n) is 3.27. The lowest BCUT2D eigenvalue weighted by Gasteiger charge is -2.13. The van der Waals surface area contributed by atoms with Crippen molar-refractivity contribution in [1.29, 1.82) is 0 Å². The fourth-order valence-corrected chi connectivity index (χ4v) is 2.22. The normalized spacial score (nSPS) is 17.9. The summed E-state index contributed by atoms with van der Waals surface area (Å²) in [5.74, 6) is 0.100. The van der Waals surface area contributed by atoms with Gasteiger partial charge in [0.25, 0.3) is 0 Å². The molecule has 2 rings (SSSR count). The summed E-state index contributed by atoms with van der Waals surface area (Å²) in [5.41, 5.74) is 6.63. The number of hydrogen-bond donors (Lipinski definition) is 2. The van der Waals surface area contributed by atoms with Crippen LogP contribution in [0.5, 0.6) is 0 Å². The predicted octanol–water partition coefficient (Wildman–Crippen LogP) is 1.82. The van der Waals surface area contributed by atoms with Crippen LogP contribution < -0.4 is 11.1 Å². The van der Waals surface area contributed by atoms with Crippen molar-refractivity contribution in [3.05, 3.63) is 17.8 Å². The molecule has 0 aromatic carbocycles. The molecule has 0 amide bonds. The maximum Gasteiger partial charge on any atom is 0.340 e. The maximum atomic E-state index is 11.7. The summed E-state index contributed by atoms with van der Waals surface area (Å²) in [4.78, 5) is 15.9. The zero-order valence-electron chi connectivity index (χ0n) is 11.7. The third kappa shape index (κ3) is 3.60. The lowest BCUT2D eigenvalue weighted by atomic mass is 10.2. The van der Waals surface area contributed by atoms with Crippen LogP contribution in [-0.2, 0) is 9.47 Å². The van der Waals surface area contributed by atoms with Crippen LogP contribution in [0.3, 0.4) is 0 Å². The Kier molecular flexibility index (Phi) is 5.17. The van der Waals surface area contributed by atoms with Crippen LogP contribution in [-0.4, -0.2) is 36.8 Å². The van der Waals surface area contributed by atoms with Crippen molar-refractivity contribution < 1.29 is 14.3 Å². The summed E-state index contributed by atoms with van der Waals surface area (Å²) in [6, 6.07) is 1.57. The number of nitrogens with one attached hydrogen (secondary N) is 1. The Labute approximate surface area is 118 Å². The molecule has 0 saturated carbocycles. The minimum atomic E-state index is -0.422. The molecular weight excluding hydrogens is 258 g/mol. The Hall–Kier alpha value is -1.82. The van der Waals surface area contributed by atoms with E-state index in [0.29, 0.717) is 36.3 Å². The molecule has 110 valence electrons. The highest BCUT2D eigenvalue weighted by molar-refractivity contribution is 5.97. The number of hydrogen-bond acceptors (Lipinski definition) is 6. The van der Waals surface area contributed by atoms with Crippen LogP contribution in [0.25, 0.3) is 0 Å². The minimum absolute atomic E-state index is 0.317. The molecule has 0 bridgehead atoms. The van der Waals surface area contributed by atoms with Gasteiger partial charge in [0.1, 0.15) is 5.82 Å². The average molecular weight is 279 g/mol. The number of nitrogens with zero attached hydrogens (tertiary/aromatic N) is 1.